The summed E-state index contributed by atoms with van der Waals surface area (Å²) in [6.07, 6.45) is 2.48. The van der Waals surface area contributed by atoms with Crippen molar-refractivity contribution in [2.45, 2.75) is 26.8 Å². The van der Waals surface area contributed by atoms with Gasteiger partial charge in [0, 0.05) is 12.6 Å². The molecule has 2 aromatic heterocycles. The van der Waals surface area contributed by atoms with Gasteiger partial charge >= 0.3 is 6.01 Å². The second-order valence-corrected chi connectivity index (χ2v) is 3.98. The molecular formula is C12H18N6O2. The third kappa shape index (κ3) is 4.08. The molecule has 0 bridgehead atoms. The Morgan fingerprint density at radius 2 is 1.95 bits per heavy atom. The van der Waals surface area contributed by atoms with Crippen molar-refractivity contribution in [1.82, 2.24) is 20.1 Å². The monoisotopic (exact) mass is 278 g/mol. The van der Waals surface area contributed by atoms with E-state index in [1.807, 2.05) is 13.8 Å². The molecule has 0 atom stereocenters. The minimum Gasteiger partial charge on any atom is -0.463 e. The standard InChI is InChI=1S/C12H18N6O2/c1-3-7-19-12-17-10(13-4-2)16-11(18-12)14-8-9-5-6-15-20-9/h5-6H,3-4,7-8H2,1-2H3,(H2,13,14,16,17,18). The molecule has 0 aliphatic carbocycles. The molecule has 2 heterocycles. The molecular weight excluding hydrogens is 260 g/mol. The molecule has 2 rings (SSSR count). The van der Waals surface area contributed by atoms with Crippen LogP contribution in [-0.2, 0) is 6.54 Å². The van der Waals surface area contributed by atoms with E-state index < -0.39 is 0 Å². The van der Waals surface area contributed by atoms with Crippen molar-refractivity contribution in [2.24, 2.45) is 0 Å². The molecule has 8 heteroatoms. The van der Waals surface area contributed by atoms with Crippen molar-refractivity contribution in [3.63, 3.8) is 0 Å². The van der Waals surface area contributed by atoms with Gasteiger partial charge in [0.05, 0.1) is 19.3 Å². The van der Waals surface area contributed by atoms with E-state index >= 15 is 0 Å². The SMILES string of the molecule is CCCOc1nc(NCC)nc(NCc2ccno2)n1. The first-order chi connectivity index (χ1) is 9.81. The fraction of sp³-hybridized carbons (Fsp3) is 0.500. The van der Waals surface area contributed by atoms with Gasteiger partial charge in [0.25, 0.3) is 0 Å². The Balaban J connectivity index is 2.06. The van der Waals surface area contributed by atoms with E-state index in [4.69, 9.17) is 9.26 Å². The van der Waals surface area contributed by atoms with E-state index in [0.29, 0.717) is 36.8 Å². The van der Waals surface area contributed by atoms with Crippen LogP contribution >= 0.6 is 0 Å². The highest BCUT2D eigenvalue weighted by atomic mass is 16.5. The number of aromatic nitrogens is 4. The van der Waals surface area contributed by atoms with Crippen LogP contribution < -0.4 is 15.4 Å². The zero-order chi connectivity index (χ0) is 14.2. The fourth-order valence-corrected chi connectivity index (χ4v) is 1.43. The van der Waals surface area contributed by atoms with Gasteiger partial charge in [-0.3, -0.25) is 0 Å². The summed E-state index contributed by atoms with van der Waals surface area (Å²) in [6.45, 7) is 5.73. The molecule has 8 nitrogen and oxygen atoms in total. The number of hydrogen-bond acceptors (Lipinski definition) is 8. The summed E-state index contributed by atoms with van der Waals surface area (Å²) in [5.41, 5.74) is 0. The zero-order valence-corrected chi connectivity index (χ0v) is 11.6. The molecule has 108 valence electrons. The average molecular weight is 278 g/mol. The molecule has 0 radical (unpaired) electrons. The van der Waals surface area contributed by atoms with Gasteiger partial charge in [-0.1, -0.05) is 12.1 Å². The number of nitrogens with one attached hydrogen (secondary N) is 2. The van der Waals surface area contributed by atoms with Gasteiger partial charge < -0.3 is 19.9 Å². The van der Waals surface area contributed by atoms with Gasteiger partial charge in [0.15, 0.2) is 5.76 Å². The third-order valence-corrected chi connectivity index (χ3v) is 2.30. The quantitative estimate of drug-likeness (QED) is 0.752. The van der Waals surface area contributed by atoms with Crippen molar-refractivity contribution in [2.75, 3.05) is 23.8 Å². The second-order valence-electron chi connectivity index (χ2n) is 3.98. The highest BCUT2D eigenvalue weighted by Crippen LogP contribution is 2.12. The molecule has 0 unspecified atom stereocenters. The van der Waals surface area contributed by atoms with Crippen LogP contribution in [0.1, 0.15) is 26.0 Å². The van der Waals surface area contributed by atoms with Crippen LogP contribution in [0.3, 0.4) is 0 Å². The first-order valence-corrected chi connectivity index (χ1v) is 6.58. The lowest BCUT2D eigenvalue weighted by molar-refractivity contribution is 0.292. The molecule has 2 aromatic rings. The largest absolute Gasteiger partial charge is 0.463 e. The highest BCUT2D eigenvalue weighted by molar-refractivity contribution is 5.35. The summed E-state index contributed by atoms with van der Waals surface area (Å²) in [5, 5.41) is 9.72. The summed E-state index contributed by atoms with van der Waals surface area (Å²) in [5.74, 6) is 1.61. The van der Waals surface area contributed by atoms with E-state index in [1.165, 1.54) is 0 Å². The molecule has 0 saturated heterocycles. The van der Waals surface area contributed by atoms with Crippen molar-refractivity contribution in [3.8, 4) is 6.01 Å². The Hall–Kier alpha value is -2.38. The Morgan fingerprint density at radius 1 is 1.15 bits per heavy atom. The molecule has 0 aliphatic heterocycles. The predicted octanol–water partition coefficient (Wildman–Crippen LogP) is 1.69. The minimum atomic E-state index is 0.304. The van der Waals surface area contributed by atoms with Gasteiger partial charge in [-0.25, -0.2) is 0 Å². The van der Waals surface area contributed by atoms with Crippen LogP contribution in [0.25, 0.3) is 0 Å². The molecule has 0 fully saturated rings. The lowest BCUT2D eigenvalue weighted by Gasteiger charge is -2.08. The first-order valence-electron chi connectivity index (χ1n) is 6.58. The maximum absolute atomic E-state index is 5.44. The van der Waals surface area contributed by atoms with Gasteiger partial charge in [-0.05, 0) is 13.3 Å². The van der Waals surface area contributed by atoms with Gasteiger partial charge in [0.2, 0.25) is 11.9 Å². The molecule has 20 heavy (non-hydrogen) atoms. The van der Waals surface area contributed by atoms with Gasteiger partial charge in [-0.15, -0.1) is 0 Å². The van der Waals surface area contributed by atoms with Crippen LogP contribution in [0.15, 0.2) is 16.8 Å². The first kappa shape index (κ1) is 14.0. The van der Waals surface area contributed by atoms with Crippen LogP contribution in [0.4, 0.5) is 11.9 Å². The lowest BCUT2D eigenvalue weighted by atomic mass is 10.4. The molecule has 0 aromatic carbocycles. The fourth-order valence-electron chi connectivity index (χ4n) is 1.43. The lowest BCUT2D eigenvalue weighted by Crippen LogP contribution is -2.11. The second kappa shape index (κ2) is 7.27. The maximum atomic E-state index is 5.44. The normalized spacial score (nSPS) is 10.3. The minimum absolute atomic E-state index is 0.304. The maximum Gasteiger partial charge on any atom is 0.323 e. The molecule has 0 aliphatic rings. The summed E-state index contributed by atoms with van der Waals surface area (Å²) < 4.78 is 10.4. The Labute approximate surface area is 117 Å². The van der Waals surface area contributed by atoms with Crippen LogP contribution in [0, 0.1) is 0 Å². The summed E-state index contributed by atoms with van der Waals surface area (Å²) in [4.78, 5) is 12.6. The summed E-state index contributed by atoms with van der Waals surface area (Å²) >= 11 is 0. The van der Waals surface area contributed by atoms with Crippen LogP contribution in [-0.4, -0.2) is 33.3 Å². The van der Waals surface area contributed by atoms with Crippen LogP contribution in [0.5, 0.6) is 6.01 Å². The van der Waals surface area contributed by atoms with Gasteiger partial charge in [-0.2, -0.15) is 15.0 Å². The number of hydrogen-bond donors (Lipinski definition) is 2. The Bertz CT molecular complexity index is 517. The van der Waals surface area contributed by atoms with E-state index in [9.17, 15) is 0 Å². The smallest absolute Gasteiger partial charge is 0.323 e. The number of ether oxygens (including phenoxy) is 1. The van der Waals surface area contributed by atoms with Crippen molar-refractivity contribution < 1.29 is 9.26 Å². The van der Waals surface area contributed by atoms with E-state index in [2.05, 4.69) is 30.7 Å². The van der Waals surface area contributed by atoms with Gasteiger partial charge in [0.1, 0.15) is 0 Å². The number of rotatable bonds is 8. The van der Waals surface area contributed by atoms with E-state index in [0.717, 1.165) is 13.0 Å². The Morgan fingerprint density at radius 3 is 2.60 bits per heavy atom. The molecule has 0 saturated carbocycles. The molecule has 2 N–H and O–H groups in total. The topological polar surface area (TPSA) is 98.0 Å². The van der Waals surface area contributed by atoms with Crippen molar-refractivity contribution in [1.29, 1.82) is 0 Å². The Kier molecular flexibility index (Phi) is 5.10. The summed E-state index contributed by atoms with van der Waals surface area (Å²) in [6, 6.07) is 2.08. The number of nitrogens with zero attached hydrogens (tertiary/aromatic N) is 4. The van der Waals surface area contributed by atoms with E-state index in [-0.39, 0.29) is 0 Å². The average Bonchev–Trinajstić information content (AvgIpc) is 2.96. The zero-order valence-electron chi connectivity index (χ0n) is 11.6. The van der Waals surface area contributed by atoms with Crippen LogP contribution in [0.2, 0.25) is 0 Å². The predicted molar refractivity (Wildman–Crippen MR) is 73.6 cm³/mol. The molecule has 0 spiro atoms. The highest BCUT2D eigenvalue weighted by Gasteiger charge is 2.07. The summed E-state index contributed by atoms with van der Waals surface area (Å²) in [7, 11) is 0. The molecule has 0 amide bonds. The third-order valence-electron chi connectivity index (χ3n) is 2.30. The van der Waals surface area contributed by atoms with Crippen molar-refractivity contribution in [3.05, 3.63) is 18.0 Å². The van der Waals surface area contributed by atoms with Crippen molar-refractivity contribution >= 4 is 11.9 Å². The van der Waals surface area contributed by atoms with E-state index in [1.54, 1.807) is 12.3 Å². The number of anilines is 2.